The fraction of sp³-hybridized carbons (Fsp3) is 0.429. The lowest BCUT2D eigenvalue weighted by Crippen LogP contribution is -2.40. The molecule has 146 valence electrons. The number of sulfonamides is 1. The lowest BCUT2D eigenvalue weighted by molar-refractivity contribution is 0.299. The molecular weight excluding hydrogens is 426 g/mol. The first kappa shape index (κ1) is 20.4. The van der Waals surface area contributed by atoms with Crippen LogP contribution in [0.15, 0.2) is 53.4 Å². The zero-order valence-electron chi connectivity index (χ0n) is 15.7. The van der Waals surface area contributed by atoms with Gasteiger partial charge >= 0.3 is 0 Å². The van der Waals surface area contributed by atoms with Crippen LogP contribution in [0, 0.1) is 5.92 Å². The van der Waals surface area contributed by atoms with Gasteiger partial charge in [0, 0.05) is 11.4 Å². The van der Waals surface area contributed by atoms with Crippen LogP contribution in [-0.2, 0) is 22.0 Å². The SMILES string of the molecule is CC(C)(NS(=O)(=O)c1cccc(OCC2CC2)c1)c1ccc(CCBr)cc1. The number of benzene rings is 2. The summed E-state index contributed by atoms with van der Waals surface area (Å²) < 4.78 is 34.4. The van der Waals surface area contributed by atoms with Gasteiger partial charge in [0.25, 0.3) is 0 Å². The minimum Gasteiger partial charge on any atom is -0.493 e. The van der Waals surface area contributed by atoms with Crippen molar-refractivity contribution < 1.29 is 13.2 Å². The summed E-state index contributed by atoms with van der Waals surface area (Å²) in [6.07, 6.45) is 3.34. The van der Waals surface area contributed by atoms with E-state index in [0.717, 1.165) is 17.3 Å². The van der Waals surface area contributed by atoms with E-state index in [0.29, 0.717) is 18.3 Å². The molecule has 0 amide bonds. The van der Waals surface area contributed by atoms with E-state index in [4.69, 9.17) is 4.74 Å². The van der Waals surface area contributed by atoms with Crippen molar-refractivity contribution in [3.05, 3.63) is 59.7 Å². The highest BCUT2D eigenvalue weighted by atomic mass is 79.9. The number of rotatable bonds is 9. The summed E-state index contributed by atoms with van der Waals surface area (Å²) in [5.74, 6) is 1.22. The fourth-order valence-corrected chi connectivity index (χ4v) is 4.78. The van der Waals surface area contributed by atoms with E-state index in [1.807, 2.05) is 38.1 Å². The van der Waals surface area contributed by atoms with Crippen LogP contribution in [0.3, 0.4) is 0 Å². The highest BCUT2D eigenvalue weighted by molar-refractivity contribution is 9.09. The highest BCUT2D eigenvalue weighted by Gasteiger charge is 2.28. The second kappa shape index (κ2) is 8.33. The summed E-state index contributed by atoms with van der Waals surface area (Å²) in [7, 11) is -3.67. The Bertz CT molecular complexity index is 875. The molecule has 0 saturated heterocycles. The van der Waals surface area contributed by atoms with Gasteiger partial charge in [-0.1, -0.05) is 46.3 Å². The third-order valence-corrected chi connectivity index (χ3v) is 6.80. The van der Waals surface area contributed by atoms with Crippen LogP contribution in [0.5, 0.6) is 5.75 Å². The molecule has 1 N–H and O–H groups in total. The van der Waals surface area contributed by atoms with Crippen LogP contribution < -0.4 is 9.46 Å². The molecule has 6 heteroatoms. The van der Waals surface area contributed by atoms with Crippen molar-refractivity contribution in [1.82, 2.24) is 4.72 Å². The van der Waals surface area contributed by atoms with Crippen LogP contribution in [0.2, 0.25) is 0 Å². The molecule has 2 aromatic carbocycles. The van der Waals surface area contributed by atoms with Crippen LogP contribution in [-0.4, -0.2) is 20.4 Å². The average Bonchev–Trinajstić information content (AvgIpc) is 3.45. The molecule has 1 aliphatic carbocycles. The van der Waals surface area contributed by atoms with Crippen molar-refractivity contribution in [2.75, 3.05) is 11.9 Å². The molecule has 1 aliphatic rings. The Labute approximate surface area is 170 Å². The number of aryl methyl sites for hydroxylation is 1. The van der Waals surface area contributed by atoms with Gasteiger partial charge in [-0.25, -0.2) is 13.1 Å². The minimum absolute atomic E-state index is 0.222. The predicted molar refractivity (Wildman–Crippen MR) is 112 cm³/mol. The molecule has 1 fully saturated rings. The van der Waals surface area contributed by atoms with Crippen molar-refractivity contribution in [3.63, 3.8) is 0 Å². The summed E-state index contributed by atoms with van der Waals surface area (Å²) >= 11 is 3.44. The molecule has 27 heavy (non-hydrogen) atoms. The number of alkyl halides is 1. The maximum Gasteiger partial charge on any atom is 0.241 e. The van der Waals surface area contributed by atoms with Crippen molar-refractivity contribution in [2.24, 2.45) is 5.92 Å². The van der Waals surface area contributed by atoms with Gasteiger partial charge < -0.3 is 4.74 Å². The second-order valence-corrected chi connectivity index (χ2v) is 10.1. The molecule has 0 heterocycles. The Hall–Kier alpha value is -1.37. The normalized spacial score (nSPS) is 14.9. The third kappa shape index (κ3) is 5.56. The lowest BCUT2D eigenvalue weighted by atomic mass is 9.94. The standard InChI is InChI=1S/C21H26BrNO3S/c1-21(2,18-10-8-16(9-11-18)12-13-22)23-27(24,25)20-5-3-4-19(14-20)26-15-17-6-7-17/h3-5,8-11,14,17,23H,6-7,12-13,15H2,1-2H3. The predicted octanol–water partition coefficient (Wildman–Crippen LogP) is 4.63. The first-order valence-electron chi connectivity index (χ1n) is 9.22. The van der Waals surface area contributed by atoms with E-state index >= 15 is 0 Å². The zero-order valence-corrected chi connectivity index (χ0v) is 18.1. The van der Waals surface area contributed by atoms with Gasteiger partial charge in [0.1, 0.15) is 5.75 Å². The van der Waals surface area contributed by atoms with Crippen molar-refractivity contribution >= 4 is 26.0 Å². The quantitative estimate of drug-likeness (QED) is 0.565. The molecule has 0 unspecified atom stereocenters. The summed E-state index contributed by atoms with van der Waals surface area (Å²) in [6.45, 7) is 4.40. The monoisotopic (exact) mass is 451 g/mol. The topological polar surface area (TPSA) is 55.4 Å². The zero-order chi connectivity index (χ0) is 19.5. The molecule has 0 radical (unpaired) electrons. The van der Waals surface area contributed by atoms with E-state index in [9.17, 15) is 8.42 Å². The number of halogens is 1. The van der Waals surface area contributed by atoms with Gasteiger partial charge in [-0.15, -0.1) is 0 Å². The smallest absolute Gasteiger partial charge is 0.241 e. The third-order valence-electron chi connectivity index (χ3n) is 4.75. The fourth-order valence-electron chi connectivity index (χ4n) is 2.88. The van der Waals surface area contributed by atoms with Gasteiger partial charge in [0.15, 0.2) is 0 Å². The number of hydrogen-bond acceptors (Lipinski definition) is 3. The Morgan fingerprint density at radius 3 is 2.48 bits per heavy atom. The summed E-state index contributed by atoms with van der Waals surface area (Å²) in [6, 6.07) is 14.8. The Morgan fingerprint density at radius 1 is 1.15 bits per heavy atom. The van der Waals surface area contributed by atoms with Crippen molar-refractivity contribution in [1.29, 1.82) is 0 Å². The molecule has 0 atom stereocenters. The maximum atomic E-state index is 12.9. The van der Waals surface area contributed by atoms with Crippen LogP contribution in [0.1, 0.15) is 37.8 Å². The van der Waals surface area contributed by atoms with Crippen LogP contribution in [0.4, 0.5) is 0 Å². The number of hydrogen-bond donors (Lipinski definition) is 1. The Balaban J connectivity index is 1.74. The first-order chi connectivity index (χ1) is 12.8. The summed E-state index contributed by atoms with van der Waals surface area (Å²) in [5.41, 5.74) is 1.41. The first-order valence-corrected chi connectivity index (χ1v) is 11.8. The van der Waals surface area contributed by atoms with Gasteiger partial charge in [-0.05, 0) is 62.3 Å². The van der Waals surface area contributed by atoms with Crippen LogP contribution in [0.25, 0.3) is 0 Å². The van der Waals surface area contributed by atoms with E-state index < -0.39 is 15.6 Å². The highest BCUT2D eigenvalue weighted by Crippen LogP contribution is 2.30. The van der Waals surface area contributed by atoms with E-state index in [1.54, 1.807) is 24.3 Å². The Morgan fingerprint density at radius 2 is 1.85 bits per heavy atom. The molecule has 0 aromatic heterocycles. The molecule has 0 bridgehead atoms. The average molecular weight is 452 g/mol. The van der Waals surface area contributed by atoms with Gasteiger partial charge in [-0.3, -0.25) is 0 Å². The van der Waals surface area contributed by atoms with E-state index in [-0.39, 0.29) is 4.90 Å². The van der Waals surface area contributed by atoms with Crippen molar-refractivity contribution in [2.45, 2.75) is 43.5 Å². The number of ether oxygens (including phenoxy) is 1. The molecule has 3 rings (SSSR count). The molecule has 1 saturated carbocycles. The van der Waals surface area contributed by atoms with Crippen molar-refractivity contribution in [3.8, 4) is 5.75 Å². The molecule has 4 nitrogen and oxygen atoms in total. The Kier molecular flexibility index (Phi) is 6.28. The second-order valence-electron chi connectivity index (χ2n) is 7.60. The number of nitrogens with one attached hydrogen (secondary N) is 1. The van der Waals surface area contributed by atoms with Gasteiger partial charge in [-0.2, -0.15) is 0 Å². The molecule has 0 spiro atoms. The van der Waals surface area contributed by atoms with Gasteiger partial charge in [0.2, 0.25) is 10.0 Å². The largest absolute Gasteiger partial charge is 0.493 e. The lowest BCUT2D eigenvalue weighted by Gasteiger charge is -2.27. The maximum absolute atomic E-state index is 12.9. The summed E-state index contributed by atoms with van der Waals surface area (Å²) in [4.78, 5) is 0.222. The molecule has 2 aromatic rings. The van der Waals surface area contributed by atoms with Crippen LogP contribution >= 0.6 is 15.9 Å². The minimum atomic E-state index is -3.67. The molecular formula is C21H26BrNO3S. The van der Waals surface area contributed by atoms with E-state index in [1.165, 1.54) is 18.4 Å². The van der Waals surface area contributed by atoms with E-state index in [2.05, 4.69) is 20.7 Å². The van der Waals surface area contributed by atoms with Gasteiger partial charge in [0.05, 0.1) is 17.0 Å². The molecule has 0 aliphatic heterocycles. The summed E-state index contributed by atoms with van der Waals surface area (Å²) in [5, 5.41) is 0.904.